The quantitative estimate of drug-likeness (QED) is 0.504. The molecular weight excluding hydrogens is 108 g/mol. The van der Waals surface area contributed by atoms with Crippen molar-refractivity contribution < 1.29 is 0 Å². The average molecular weight is 123 g/mol. The van der Waals surface area contributed by atoms with Crippen LogP contribution in [0.3, 0.4) is 0 Å². The summed E-state index contributed by atoms with van der Waals surface area (Å²) < 4.78 is 0. The Morgan fingerprint density at radius 1 is 1.56 bits per heavy atom. The summed E-state index contributed by atoms with van der Waals surface area (Å²) in [4.78, 5) is 0. The smallest absolute Gasteiger partial charge is 0.00122 e. The Kier molecular flexibility index (Phi) is 5.29. The van der Waals surface area contributed by atoms with Crippen molar-refractivity contribution in [3.63, 3.8) is 0 Å². The van der Waals surface area contributed by atoms with Gasteiger partial charge in [0, 0.05) is 5.92 Å². The van der Waals surface area contributed by atoms with Crippen LogP contribution in [0.15, 0.2) is 18.7 Å². The van der Waals surface area contributed by atoms with Crippen LogP contribution in [-0.2, 0) is 0 Å². The van der Waals surface area contributed by atoms with Crippen LogP contribution >= 0.6 is 0 Å². The lowest BCUT2D eigenvalue weighted by Crippen LogP contribution is -1.86. The summed E-state index contributed by atoms with van der Waals surface area (Å²) in [7, 11) is 0. The fourth-order valence-electron chi connectivity index (χ4n) is 0.649. The first-order valence-electron chi connectivity index (χ1n) is 3.54. The van der Waals surface area contributed by atoms with Crippen LogP contribution in [0.2, 0.25) is 0 Å². The zero-order valence-electron chi connectivity index (χ0n) is 6.35. The van der Waals surface area contributed by atoms with Gasteiger partial charge in [0.2, 0.25) is 0 Å². The minimum absolute atomic E-state index is 0.463. The maximum absolute atomic E-state index is 3.61. The molecule has 0 spiro atoms. The third-order valence-electron chi connectivity index (χ3n) is 1.31. The molecule has 0 aliphatic heterocycles. The maximum Gasteiger partial charge on any atom is 0.00122 e. The highest BCUT2D eigenvalue weighted by Gasteiger charge is 1.91. The van der Waals surface area contributed by atoms with Crippen LogP contribution in [-0.4, -0.2) is 0 Å². The van der Waals surface area contributed by atoms with Crippen LogP contribution in [0, 0.1) is 12.0 Å². The van der Waals surface area contributed by atoms with Gasteiger partial charge in [-0.15, -0.1) is 0 Å². The molecular formula is C9H15. The zero-order chi connectivity index (χ0) is 7.11. The molecule has 0 saturated heterocycles. The van der Waals surface area contributed by atoms with E-state index in [0.29, 0.717) is 5.92 Å². The standard InChI is InChI=1S/C9H15/c1-4-7-8-9(5-2)6-3/h7-9H,2,4,6H2,1,3H3/b8-7+. The molecule has 0 aromatic carbocycles. The van der Waals surface area contributed by atoms with Gasteiger partial charge in [-0.2, -0.15) is 0 Å². The summed E-state index contributed by atoms with van der Waals surface area (Å²) in [6.45, 7) is 7.88. The van der Waals surface area contributed by atoms with E-state index in [2.05, 4.69) is 38.7 Å². The zero-order valence-corrected chi connectivity index (χ0v) is 6.35. The van der Waals surface area contributed by atoms with Gasteiger partial charge in [-0.05, 0) is 18.9 Å². The van der Waals surface area contributed by atoms with Gasteiger partial charge < -0.3 is 0 Å². The SMILES string of the molecule is C=[C]C(/C=C/CC)CC. The molecule has 1 unspecified atom stereocenters. The maximum atomic E-state index is 3.61. The Bertz CT molecular complexity index is 90.2. The minimum atomic E-state index is 0.463. The summed E-state index contributed by atoms with van der Waals surface area (Å²) in [5, 5.41) is 0. The molecule has 0 aliphatic rings. The van der Waals surface area contributed by atoms with Gasteiger partial charge in [-0.3, -0.25) is 0 Å². The monoisotopic (exact) mass is 123 g/mol. The first-order chi connectivity index (χ1) is 4.35. The summed E-state index contributed by atoms with van der Waals surface area (Å²) in [5.41, 5.74) is 0. The largest absolute Gasteiger partial charge is 0.0950 e. The summed E-state index contributed by atoms with van der Waals surface area (Å²) >= 11 is 0. The molecule has 1 atom stereocenters. The Labute approximate surface area is 58.3 Å². The highest BCUT2D eigenvalue weighted by Crippen LogP contribution is 2.03. The second-order valence-electron chi connectivity index (χ2n) is 2.06. The van der Waals surface area contributed by atoms with Gasteiger partial charge in [0.25, 0.3) is 0 Å². The van der Waals surface area contributed by atoms with E-state index in [-0.39, 0.29) is 0 Å². The van der Waals surface area contributed by atoms with E-state index in [1.807, 2.05) is 0 Å². The van der Waals surface area contributed by atoms with E-state index < -0.39 is 0 Å². The molecule has 0 saturated carbocycles. The second kappa shape index (κ2) is 5.61. The van der Waals surface area contributed by atoms with Gasteiger partial charge in [0.15, 0.2) is 0 Å². The fourth-order valence-corrected chi connectivity index (χ4v) is 0.649. The van der Waals surface area contributed by atoms with E-state index in [1.165, 1.54) is 0 Å². The van der Waals surface area contributed by atoms with Crippen molar-refractivity contribution in [1.29, 1.82) is 0 Å². The Morgan fingerprint density at radius 2 is 2.22 bits per heavy atom. The molecule has 1 radical (unpaired) electrons. The van der Waals surface area contributed by atoms with Crippen LogP contribution in [0.4, 0.5) is 0 Å². The second-order valence-corrected chi connectivity index (χ2v) is 2.06. The van der Waals surface area contributed by atoms with Crippen molar-refractivity contribution in [3.8, 4) is 0 Å². The van der Waals surface area contributed by atoms with E-state index in [0.717, 1.165) is 12.8 Å². The van der Waals surface area contributed by atoms with Gasteiger partial charge in [-0.1, -0.05) is 32.6 Å². The molecule has 0 N–H and O–H groups in total. The fraction of sp³-hybridized carbons (Fsp3) is 0.556. The molecule has 0 nitrogen and oxygen atoms in total. The Morgan fingerprint density at radius 3 is 2.56 bits per heavy atom. The lowest BCUT2D eigenvalue weighted by atomic mass is 10.1. The predicted octanol–water partition coefficient (Wildman–Crippen LogP) is 2.97. The number of rotatable bonds is 4. The van der Waals surface area contributed by atoms with Crippen LogP contribution in [0.5, 0.6) is 0 Å². The molecule has 0 aromatic heterocycles. The third-order valence-corrected chi connectivity index (χ3v) is 1.31. The highest BCUT2D eigenvalue weighted by atomic mass is 14.0. The van der Waals surface area contributed by atoms with Gasteiger partial charge in [0.05, 0.1) is 0 Å². The van der Waals surface area contributed by atoms with Crippen molar-refractivity contribution in [2.75, 3.05) is 0 Å². The molecule has 0 aliphatic carbocycles. The Balaban J connectivity index is 3.54. The number of hydrogen-bond acceptors (Lipinski definition) is 0. The third kappa shape index (κ3) is 4.01. The Hall–Kier alpha value is -0.520. The molecule has 0 heterocycles. The van der Waals surface area contributed by atoms with Crippen molar-refractivity contribution in [2.45, 2.75) is 26.7 Å². The highest BCUT2D eigenvalue weighted by molar-refractivity contribution is 4.91. The van der Waals surface area contributed by atoms with E-state index in [9.17, 15) is 0 Å². The number of hydrogen-bond donors (Lipinski definition) is 0. The molecule has 9 heavy (non-hydrogen) atoms. The molecule has 0 rings (SSSR count). The topological polar surface area (TPSA) is 0 Å². The van der Waals surface area contributed by atoms with E-state index >= 15 is 0 Å². The van der Waals surface area contributed by atoms with Crippen LogP contribution < -0.4 is 0 Å². The normalized spacial score (nSPS) is 14.0. The van der Waals surface area contributed by atoms with Crippen molar-refractivity contribution in [3.05, 3.63) is 24.8 Å². The van der Waals surface area contributed by atoms with Crippen molar-refractivity contribution >= 4 is 0 Å². The molecule has 0 fully saturated rings. The molecule has 0 bridgehead atoms. The lowest BCUT2D eigenvalue weighted by Gasteiger charge is -1.98. The van der Waals surface area contributed by atoms with E-state index in [4.69, 9.17) is 0 Å². The predicted molar refractivity (Wildman–Crippen MR) is 42.1 cm³/mol. The van der Waals surface area contributed by atoms with E-state index in [1.54, 1.807) is 0 Å². The van der Waals surface area contributed by atoms with Gasteiger partial charge >= 0.3 is 0 Å². The van der Waals surface area contributed by atoms with Gasteiger partial charge in [-0.25, -0.2) is 0 Å². The van der Waals surface area contributed by atoms with Gasteiger partial charge in [0.1, 0.15) is 0 Å². The molecule has 0 aromatic rings. The summed E-state index contributed by atoms with van der Waals surface area (Å²) in [6.07, 6.45) is 9.49. The summed E-state index contributed by atoms with van der Waals surface area (Å²) in [6, 6.07) is 0. The lowest BCUT2D eigenvalue weighted by molar-refractivity contribution is 0.753. The molecule has 0 heteroatoms. The molecule has 0 amide bonds. The van der Waals surface area contributed by atoms with Crippen LogP contribution in [0.1, 0.15) is 26.7 Å². The minimum Gasteiger partial charge on any atom is -0.0950 e. The summed E-state index contributed by atoms with van der Waals surface area (Å²) in [5.74, 6) is 0.463. The van der Waals surface area contributed by atoms with Crippen molar-refractivity contribution in [1.82, 2.24) is 0 Å². The average Bonchev–Trinajstić information content (AvgIpc) is 1.91. The first kappa shape index (κ1) is 8.48. The van der Waals surface area contributed by atoms with Crippen LogP contribution in [0.25, 0.3) is 0 Å². The first-order valence-corrected chi connectivity index (χ1v) is 3.54. The molecule has 51 valence electrons. The number of allylic oxidation sites excluding steroid dienone is 3. The van der Waals surface area contributed by atoms with Crippen molar-refractivity contribution in [2.24, 2.45) is 5.92 Å².